The molecule has 1 aliphatic heterocycles. The first-order valence-corrected chi connectivity index (χ1v) is 14.6. The lowest BCUT2D eigenvalue weighted by molar-refractivity contribution is 0.297. The summed E-state index contributed by atoms with van der Waals surface area (Å²) in [5.74, 6) is 0.671. The Morgan fingerprint density at radius 3 is 2.24 bits per heavy atom. The van der Waals surface area contributed by atoms with E-state index in [1.165, 1.54) is 40.4 Å². The average Bonchev–Trinajstić information content (AvgIpc) is 3.40. The Hall–Kier alpha value is -3.68. The summed E-state index contributed by atoms with van der Waals surface area (Å²) in [4.78, 5) is 19.4. The molecule has 1 aliphatic rings. The van der Waals surface area contributed by atoms with Crippen LogP contribution in [0, 0.1) is 0 Å². The molecule has 0 saturated heterocycles. The number of hydrogen-bond acceptors (Lipinski definition) is 7. The lowest BCUT2D eigenvalue weighted by Crippen LogP contribution is -2.14. The van der Waals surface area contributed by atoms with Gasteiger partial charge in [-0.25, -0.2) is 0 Å². The third-order valence-electron chi connectivity index (χ3n) is 6.43. The quantitative estimate of drug-likeness (QED) is 0.172. The van der Waals surface area contributed by atoms with E-state index in [0.717, 1.165) is 33.3 Å². The number of ether oxygens (including phenoxy) is 1. The Labute approximate surface area is 231 Å². The molecule has 0 saturated carbocycles. The molecular formula is C31H28N4OS2. The van der Waals surface area contributed by atoms with Crippen LogP contribution < -0.4 is 9.64 Å². The first kappa shape index (κ1) is 24.6. The SMILES string of the molecule is CCCCCCOc1nc(-c2cnccn2)sc1-c1ccc(N2c3ccccc3Sc3ccccc32)cc1. The number of fused-ring (bicyclic) bond motifs is 2. The molecule has 5 aromatic rings. The zero-order chi connectivity index (χ0) is 25.7. The van der Waals surface area contributed by atoms with Crippen LogP contribution in [0.4, 0.5) is 17.1 Å². The van der Waals surface area contributed by atoms with Gasteiger partial charge in [0.15, 0.2) is 0 Å². The lowest BCUT2D eigenvalue weighted by Gasteiger charge is -2.32. The van der Waals surface area contributed by atoms with E-state index in [1.807, 2.05) is 11.8 Å². The van der Waals surface area contributed by atoms with Crippen molar-refractivity contribution in [1.29, 1.82) is 0 Å². The highest BCUT2D eigenvalue weighted by molar-refractivity contribution is 7.99. The summed E-state index contributed by atoms with van der Waals surface area (Å²) in [6.07, 6.45) is 9.74. The fourth-order valence-corrected chi connectivity index (χ4v) is 6.58. The van der Waals surface area contributed by atoms with Gasteiger partial charge in [-0.15, -0.1) is 11.3 Å². The third kappa shape index (κ3) is 5.04. The maximum Gasteiger partial charge on any atom is 0.233 e. The molecule has 0 fully saturated rings. The van der Waals surface area contributed by atoms with Crippen molar-refractivity contribution in [1.82, 2.24) is 15.0 Å². The topological polar surface area (TPSA) is 51.1 Å². The van der Waals surface area contributed by atoms with E-state index in [9.17, 15) is 0 Å². The van der Waals surface area contributed by atoms with Crippen LogP contribution in [0.25, 0.3) is 21.1 Å². The zero-order valence-electron chi connectivity index (χ0n) is 21.2. The van der Waals surface area contributed by atoms with Crippen molar-refractivity contribution >= 4 is 40.2 Å². The van der Waals surface area contributed by atoms with Gasteiger partial charge in [0.1, 0.15) is 10.7 Å². The van der Waals surface area contributed by atoms with Crippen molar-refractivity contribution in [2.75, 3.05) is 11.5 Å². The molecule has 38 heavy (non-hydrogen) atoms. The minimum Gasteiger partial charge on any atom is -0.477 e. The van der Waals surface area contributed by atoms with Gasteiger partial charge in [0.2, 0.25) is 5.88 Å². The average molecular weight is 537 g/mol. The van der Waals surface area contributed by atoms with E-state index in [-0.39, 0.29) is 0 Å². The van der Waals surface area contributed by atoms with E-state index >= 15 is 0 Å². The van der Waals surface area contributed by atoms with Gasteiger partial charge >= 0.3 is 0 Å². The van der Waals surface area contributed by atoms with E-state index in [1.54, 1.807) is 29.9 Å². The van der Waals surface area contributed by atoms with Gasteiger partial charge in [-0.1, -0.05) is 74.3 Å². The monoisotopic (exact) mass is 536 g/mol. The summed E-state index contributed by atoms with van der Waals surface area (Å²) in [5.41, 5.74) is 5.35. The van der Waals surface area contributed by atoms with Gasteiger partial charge in [-0.2, -0.15) is 4.98 Å². The molecule has 2 aromatic heterocycles. The van der Waals surface area contributed by atoms with Crippen LogP contribution in [0.2, 0.25) is 0 Å². The molecule has 3 heterocycles. The summed E-state index contributed by atoms with van der Waals surface area (Å²) in [7, 11) is 0. The second-order valence-electron chi connectivity index (χ2n) is 9.07. The molecule has 0 spiro atoms. The summed E-state index contributed by atoms with van der Waals surface area (Å²) >= 11 is 3.42. The second kappa shape index (κ2) is 11.4. The van der Waals surface area contributed by atoms with Gasteiger partial charge in [0.05, 0.1) is 29.1 Å². The molecule has 6 rings (SSSR count). The maximum atomic E-state index is 6.22. The number of benzene rings is 3. The van der Waals surface area contributed by atoms with Crippen molar-refractivity contribution in [2.24, 2.45) is 0 Å². The molecule has 0 bridgehead atoms. The predicted octanol–water partition coefficient (Wildman–Crippen LogP) is 9.16. The minimum absolute atomic E-state index is 0.660. The molecule has 0 atom stereocenters. The lowest BCUT2D eigenvalue weighted by atomic mass is 10.1. The Morgan fingerprint density at radius 2 is 1.55 bits per heavy atom. The van der Waals surface area contributed by atoms with Crippen LogP contribution in [0.1, 0.15) is 32.6 Å². The van der Waals surface area contributed by atoms with E-state index in [0.29, 0.717) is 12.5 Å². The number of hydrogen-bond donors (Lipinski definition) is 0. The largest absolute Gasteiger partial charge is 0.477 e. The van der Waals surface area contributed by atoms with Gasteiger partial charge in [-0.3, -0.25) is 9.97 Å². The molecule has 5 nitrogen and oxygen atoms in total. The number of thiazole rings is 1. The number of para-hydroxylation sites is 2. The number of aromatic nitrogens is 3. The highest BCUT2D eigenvalue weighted by Crippen LogP contribution is 2.51. The second-order valence-corrected chi connectivity index (χ2v) is 11.2. The Kier molecular flexibility index (Phi) is 7.38. The van der Waals surface area contributed by atoms with Crippen molar-refractivity contribution in [2.45, 2.75) is 42.4 Å². The van der Waals surface area contributed by atoms with E-state index in [4.69, 9.17) is 9.72 Å². The molecule has 0 aliphatic carbocycles. The highest BCUT2D eigenvalue weighted by Gasteiger charge is 2.24. The molecule has 0 radical (unpaired) electrons. The maximum absolute atomic E-state index is 6.22. The fraction of sp³-hybridized carbons (Fsp3) is 0.194. The van der Waals surface area contributed by atoms with Crippen LogP contribution in [0.5, 0.6) is 5.88 Å². The predicted molar refractivity (Wildman–Crippen MR) is 157 cm³/mol. The molecule has 0 N–H and O–H groups in total. The number of anilines is 3. The van der Waals surface area contributed by atoms with Crippen molar-refractivity contribution < 1.29 is 4.74 Å². The molecule has 0 amide bonds. The minimum atomic E-state index is 0.660. The van der Waals surface area contributed by atoms with Crippen LogP contribution in [0.15, 0.2) is 101 Å². The zero-order valence-corrected chi connectivity index (χ0v) is 22.8. The number of nitrogens with zero attached hydrogens (tertiary/aromatic N) is 4. The van der Waals surface area contributed by atoms with Crippen LogP contribution in [-0.2, 0) is 0 Å². The summed E-state index contributed by atoms with van der Waals surface area (Å²) in [6, 6.07) is 25.9. The van der Waals surface area contributed by atoms with Gasteiger partial charge < -0.3 is 9.64 Å². The molecular weight excluding hydrogens is 509 g/mol. The van der Waals surface area contributed by atoms with Crippen LogP contribution >= 0.6 is 23.1 Å². The summed E-state index contributed by atoms with van der Waals surface area (Å²) in [5, 5.41) is 0.816. The summed E-state index contributed by atoms with van der Waals surface area (Å²) < 4.78 is 6.22. The van der Waals surface area contributed by atoms with Gasteiger partial charge in [-0.05, 0) is 48.4 Å². The standard InChI is InChI=1S/C31H28N4OS2/c1-2-3-4-9-20-36-30-29(38-31(34-30)24-21-32-18-19-33-24)22-14-16-23(17-15-22)35-25-10-5-7-12-27(25)37-28-13-8-6-11-26(28)35/h5-8,10-19,21H,2-4,9,20H2,1H3. The van der Waals surface area contributed by atoms with Crippen molar-refractivity contribution in [3.63, 3.8) is 0 Å². The fourth-order valence-electron chi connectivity index (χ4n) is 4.55. The summed E-state index contributed by atoms with van der Waals surface area (Å²) in [6.45, 7) is 2.88. The molecule has 3 aromatic carbocycles. The molecule has 190 valence electrons. The van der Waals surface area contributed by atoms with Gasteiger partial charge in [0.25, 0.3) is 0 Å². The number of rotatable bonds is 9. The third-order valence-corrected chi connectivity index (χ3v) is 8.67. The first-order chi connectivity index (χ1) is 18.8. The van der Waals surface area contributed by atoms with Crippen molar-refractivity contribution in [3.8, 4) is 27.0 Å². The van der Waals surface area contributed by atoms with Crippen LogP contribution in [0.3, 0.4) is 0 Å². The Morgan fingerprint density at radius 1 is 0.816 bits per heavy atom. The van der Waals surface area contributed by atoms with Gasteiger partial charge in [0, 0.05) is 27.9 Å². The Bertz CT molecular complexity index is 1470. The highest BCUT2D eigenvalue weighted by atomic mass is 32.2. The Balaban J connectivity index is 1.34. The number of unbranched alkanes of at least 4 members (excludes halogenated alkanes) is 3. The first-order valence-electron chi connectivity index (χ1n) is 13.0. The normalized spacial score (nSPS) is 12.2. The van der Waals surface area contributed by atoms with E-state index < -0.39 is 0 Å². The smallest absolute Gasteiger partial charge is 0.233 e. The van der Waals surface area contributed by atoms with Crippen LogP contribution in [-0.4, -0.2) is 21.6 Å². The molecule has 0 unspecified atom stereocenters. The molecule has 7 heteroatoms. The van der Waals surface area contributed by atoms with E-state index in [2.05, 4.69) is 94.6 Å². The van der Waals surface area contributed by atoms with Crippen molar-refractivity contribution in [3.05, 3.63) is 91.4 Å².